The molecular weight excluding hydrogens is 314 g/mol. The predicted molar refractivity (Wildman–Crippen MR) is 94.4 cm³/mol. The van der Waals surface area contributed by atoms with Crippen LogP contribution in [0.2, 0.25) is 0 Å². The van der Waals surface area contributed by atoms with Gasteiger partial charge in [-0.25, -0.2) is 14.5 Å². The fourth-order valence-corrected chi connectivity index (χ4v) is 2.57. The monoisotopic (exact) mass is 329 g/mol. The molecule has 0 atom stereocenters. The molecule has 0 bridgehead atoms. The molecule has 4 rings (SSSR count). The quantitative estimate of drug-likeness (QED) is 0.535. The zero-order valence-corrected chi connectivity index (χ0v) is 13.4. The number of aromatic nitrogens is 3. The summed E-state index contributed by atoms with van der Waals surface area (Å²) in [6.07, 6.45) is 3.60. The van der Waals surface area contributed by atoms with E-state index in [0.717, 1.165) is 22.2 Å². The molecular formula is C20H15N3O2. The van der Waals surface area contributed by atoms with Crippen LogP contribution in [0.15, 0.2) is 79.1 Å². The van der Waals surface area contributed by atoms with Crippen LogP contribution < -0.4 is 0 Å². The lowest BCUT2D eigenvalue weighted by molar-refractivity contribution is 0.0466. The summed E-state index contributed by atoms with van der Waals surface area (Å²) in [5.41, 5.74) is 2.95. The number of carbonyl (C=O) groups is 1. The number of ether oxygens (including phenoxy) is 1. The summed E-state index contributed by atoms with van der Waals surface area (Å²) in [5, 5.41) is 5.17. The second kappa shape index (κ2) is 6.57. The lowest BCUT2D eigenvalue weighted by Gasteiger charge is -2.07. The van der Waals surface area contributed by atoms with Gasteiger partial charge in [0.15, 0.2) is 0 Å². The SMILES string of the molecule is O=C(OCc1ccc(-n2cccn2)cc1)c1ccc2ccccc2n1. The molecule has 0 saturated heterocycles. The van der Waals surface area contributed by atoms with Crippen molar-refractivity contribution in [1.29, 1.82) is 0 Å². The van der Waals surface area contributed by atoms with Gasteiger partial charge in [0, 0.05) is 17.8 Å². The number of esters is 1. The normalized spacial score (nSPS) is 10.7. The first kappa shape index (κ1) is 15.1. The second-order valence-corrected chi connectivity index (χ2v) is 5.58. The fraction of sp³-hybridized carbons (Fsp3) is 0.0500. The Balaban J connectivity index is 1.44. The van der Waals surface area contributed by atoms with Gasteiger partial charge in [0.05, 0.1) is 11.2 Å². The zero-order valence-electron chi connectivity index (χ0n) is 13.4. The number of carbonyl (C=O) groups excluding carboxylic acids is 1. The minimum atomic E-state index is -0.429. The van der Waals surface area contributed by atoms with Crippen LogP contribution in [0.1, 0.15) is 16.1 Å². The van der Waals surface area contributed by atoms with E-state index in [1.165, 1.54) is 0 Å². The molecule has 2 heterocycles. The summed E-state index contributed by atoms with van der Waals surface area (Å²) in [4.78, 5) is 16.6. The van der Waals surface area contributed by atoms with Gasteiger partial charge < -0.3 is 4.74 Å². The molecule has 0 radical (unpaired) electrons. The predicted octanol–water partition coefficient (Wildman–Crippen LogP) is 3.78. The number of fused-ring (bicyclic) bond motifs is 1. The Bertz CT molecular complexity index is 1010. The standard InChI is InChI=1S/C20H15N3O2/c24-20(19-11-8-16-4-1-2-5-18(16)22-19)25-14-15-6-9-17(10-7-15)23-13-3-12-21-23/h1-13H,14H2. The molecule has 2 aromatic carbocycles. The Kier molecular flexibility index (Phi) is 3.96. The maximum absolute atomic E-state index is 12.2. The molecule has 0 aliphatic rings. The van der Waals surface area contributed by atoms with Crippen molar-refractivity contribution in [2.45, 2.75) is 6.61 Å². The summed E-state index contributed by atoms with van der Waals surface area (Å²) in [6, 6.07) is 20.8. The van der Waals surface area contributed by atoms with Gasteiger partial charge in [-0.3, -0.25) is 0 Å². The molecule has 2 aromatic heterocycles. The van der Waals surface area contributed by atoms with E-state index in [9.17, 15) is 4.79 Å². The Morgan fingerprint density at radius 1 is 0.960 bits per heavy atom. The summed E-state index contributed by atoms with van der Waals surface area (Å²) < 4.78 is 7.14. The molecule has 25 heavy (non-hydrogen) atoms. The van der Waals surface area contributed by atoms with Crippen LogP contribution in [0, 0.1) is 0 Å². The summed E-state index contributed by atoms with van der Waals surface area (Å²) in [5.74, 6) is -0.429. The van der Waals surface area contributed by atoms with Crippen LogP contribution in [-0.4, -0.2) is 20.7 Å². The molecule has 0 saturated carbocycles. The Morgan fingerprint density at radius 2 is 1.80 bits per heavy atom. The van der Waals surface area contributed by atoms with Crippen LogP contribution in [0.5, 0.6) is 0 Å². The third-order valence-corrected chi connectivity index (χ3v) is 3.88. The Hall–Kier alpha value is -3.47. The van der Waals surface area contributed by atoms with Crippen molar-refractivity contribution in [2.75, 3.05) is 0 Å². The van der Waals surface area contributed by atoms with Crippen molar-refractivity contribution in [3.8, 4) is 5.69 Å². The van der Waals surface area contributed by atoms with Gasteiger partial charge in [-0.1, -0.05) is 36.4 Å². The van der Waals surface area contributed by atoms with E-state index in [0.29, 0.717) is 5.69 Å². The van der Waals surface area contributed by atoms with Crippen molar-refractivity contribution >= 4 is 16.9 Å². The van der Waals surface area contributed by atoms with Gasteiger partial charge in [0.25, 0.3) is 0 Å². The molecule has 5 nitrogen and oxygen atoms in total. The van der Waals surface area contributed by atoms with E-state index in [-0.39, 0.29) is 6.61 Å². The maximum Gasteiger partial charge on any atom is 0.357 e. The molecule has 0 unspecified atom stereocenters. The van der Waals surface area contributed by atoms with Gasteiger partial charge >= 0.3 is 5.97 Å². The van der Waals surface area contributed by atoms with Crippen LogP contribution in [0.4, 0.5) is 0 Å². The molecule has 0 fully saturated rings. The number of benzene rings is 2. The number of pyridine rings is 1. The first-order chi connectivity index (χ1) is 12.3. The van der Waals surface area contributed by atoms with E-state index in [2.05, 4.69) is 10.1 Å². The fourth-order valence-electron chi connectivity index (χ4n) is 2.57. The first-order valence-corrected chi connectivity index (χ1v) is 7.91. The van der Waals surface area contributed by atoms with Gasteiger partial charge in [-0.05, 0) is 35.9 Å². The third-order valence-electron chi connectivity index (χ3n) is 3.88. The summed E-state index contributed by atoms with van der Waals surface area (Å²) in [6.45, 7) is 0.201. The smallest absolute Gasteiger partial charge is 0.357 e. The topological polar surface area (TPSA) is 57.0 Å². The average Bonchev–Trinajstić information content (AvgIpc) is 3.21. The zero-order chi connectivity index (χ0) is 17.1. The van der Waals surface area contributed by atoms with Gasteiger partial charge in [-0.2, -0.15) is 5.10 Å². The average molecular weight is 329 g/mol. The van der Waals surface area contributed by atoms with Crippen LogP contribution in [0.3, 0.4) is 0 Å². The van der Waals surface area contributed by atoms with Gasteiger partial charge in [0.1, 0.15) is 12.3 Å². The second-order valence-electron chi connectivity index (χ2n) is 5.58. The maximum atomic E-state index is 12.2. The van der Waals surface area contributed by atoms with E-state index < -0.39 is 5.97 Å². The molecule has 122 valence electrons. The highest BCUT2D eigenvalue weighted by Crippen LogP contribution is 2.14. The highest BCUT2D eigenvalue weighted by atomic mass is 16.5. The van der Waals surface area contributed by atoms with Crippen molar-refractivity contribution in [3.63, 3.8) is 0 Å². The lowest BCUT2D eigenvalue weighted by Crippen LogP contribution is -2.07. The van der Waals surface area contributed by atoms with E-state index >= 15 is 0 Å². The molecule has 0 amide bonds. The Morgan fingerprint density at radius 3 is 2.60 bits per heavy atom. The molecule has 0 aliphatic heterocycles. The number of nitrogens with zero attached hydrogens (tertiary/aromatic N) is 3. The van der Waals surface area contributed by atoms with Crippen molar-refractivity contribution in [1.82, 2.24) is 14.8 Å². The van der Waals surface area contributed by atoms with Crippen molar-refractivity contribution in [2.24, 2.45) is 0 Å². The molecule has 0 aliphatic carbocycles. The first-order valence-electron chi connectivity index (χ1n) is 7.91. The van der Waals surface area contributed by atoms with E-state index in [1.54, 1.807) is 16.9 Å². The van der Waals surface area contributed by atoms with Gasteiger partial charge in [0.2, 0.25) is 0 Å². The molecule has 4 aromatic rings. The highest BCUT2D eigenvalue weighted by Gasteiger charge is 2.10. The third kappa shape index (κ3) is 3.26. The number of hydrogen-bond acceptors (Lipinski definition) is 4. The van der Waals surface area contributed by atoms with Crippen molar-refractivity contribution < 1.29 is 9.53 Å². The summed E-state index contributed by atoms with van der Waals surface area (Å²) >= 11 is 0. The number of rotatable bonds is 4. The minimum Gasteiger partial charge on any atom is -0.456 e. The van der Waals surface area contributed by atoms with Crippen LogP contribution in [-0.2, 0) is 11.3 Å². The van der Waals surface area contributed by atoms with E-state index in [1.807, 2.05) is 66.9 Å². The summed E-state index contributed by atoms with van der Waals surface area (Å²) in [7, 11) is 0. The number of hydrogen-bond donors (Lipinski definition) is 0. The minimum absolute atomic E-state index is 0.201. The van der Waals surface area contributed by atoms with E-state index in [4.69, 9.17) is 4.74 Å². The number of para-hydroxylation sites is 1. The highest BCUT2D eigenvalue weighted by molar-refractivity contribution is 5.90. The van der Waals surface area contributed by atoms with Crippen molar-refractivity contribution in [3.05, 3.63) is 90.4 Å². The van der Waals surface area contributed by atoms with Crippen LogP contribution >= 0.6 is 0 Å². The molecule has 0 spiro atoms. The lowest BCUT2D eigenvalue weighted by atomic mass is 10.2. The molecule has 0 N–H and O–H groups in total. The molecule has 5 heteroatoms. The van der Waals surface area contributed by atoms with Gasteiger partial charge in [-0.15, -0.1) is 0 Å². The Labute approximate surface area is 144 Å². The van der Waals surface area contributed by atoms with Crippen LogP contribution in [0.25, 0.3) is 16.6 Å². The largest absolute Gasteiger partial charge is 0.456 e.